The Morgan fingerprint density at radius 1 is 1.25 bits per heavy atom. The number of hydrogen-bond acceptors (Lipinski definition) is 5. The second-order valence-corrected chi connectivity index (χ2v) is 11.9. The third-order valence-electron chi connectivity index (χ3n) is 7.09. The van der Waals surface area contributed by atoms with E-state index in [1.807, 2.05) is 12.1 Å². The number of nitrogens with zero attached hydrogens (tertiary/aromatic N) is 2. The number of fused-ring (bicyclic) bond motifs is 1. The molecule has 3 atom stereocenters. The zero-order chi connectivity index (χ0) is 22.9. The molecule has 3 aliphatic rings. The number of rotatable bonds is 7. The summed E-state index contributed by atoms with van der Waals surface area (Å²) < 4.78 is 35.2. The van der Waals surface area contributed by atoms with Crippen molar-refractivity contribution >= 4 is 15.6 Å². The van der Waals surface area contributed by atoms with Gasteiger partial charge in [0.2, 0.25) is 10.0 Å². The van der Waals surface area contributed by atoms with Crippen molar-refractivity contribution in [1.82, 2.24) is 9.21 Å². The molecule has 32 heavy (non-hydrogen) atoms. The summed E-state index contributed by atoms with van der Waals surface area (Å²) in [5.74, 6) is 1.22. The smallest absolute Gasteiger partial charge is 0.247 e. The van der Waals surface area contributed by atoms with Crippen molar-refractivity contribution in [3.05, 3.63) is 29.8 Å². The van der Waals surface area contributed by atoms with Gasteiger partial charge < -0.3 is 14.7 Å². The molecule has 0 saturated heterocycles. The molecule has 0 spiro atoms. The predicted molar refractivity (Wildman–Crippen MR) is 127 cm³/mol. The van der Waals surface area contributed by atoms with Crippen molar-refractivity contribution in [1.29, 1.82) is 0 Å². The minimum absolute atomic E-state index is 0.00821. The van der Waals surface area contributed by atoms with E-state index in [2.05, 4.69) is 24.9 Å². The Kier molecular flexibility index (Phi) is 7.30. The first kappa shape index (κ1) is 23.7. The summed E-state index contributed by atoms with van der Waals surface area (Å²) in [6.45, 7) is 5.76. The number of aliphatic hydroxyl groups is 1. The highest BCUT2D eigenvalue weighted by Crippen LogP contribution is 2.37. The molecule has 1 N–H and O–H groups in total. The van der Waals surface area contributed by atoms with Gasteiger partial charge in [0.25, 0.3) is 0 Å². The van der Waals surface area contributed by atoms with E-state index in [1.165, 1.54) is 29.1 Å². The normalized spacial score (nSPS) is 27.1. The SMILES string of the molecule is C[C@H](CO)N1C[C@H](C)[C@H](CN(C)CC2CC2)Oc2cc(C3=CCCCC3)ccc2S1(=O)=O. The Balaban J connectivity index is 1.71. The maximum absolute atomic E-state index is 13.6. The number of allylic oxidation sites excluding steroid dienone is 2. The minimum Gasteiger partial charge on any atom is -0.487 e. The van der Waals surface area contributed by atoms with Crippen LogP contribution < -0.4 is 4.74 Å². The van der Waals surface area contributed by atoms with Crippen molar-refractivity contribution in [3.63, 3.8) is 0 Å². The molecule has 178 valence electrons. The number of aliphatic hydroxyl groups excluding tert-OH is 1. The molecule has 1 saturated carbocycles. The van der Waals surface area contributed by atoms with E-state index in [0.717, 1.165) is 43.8 Å². The van der Waals surface area contributed by atoms with Gasteiger partial charge in [-0.1, -0.05) is 19.1 Å². The van der Waals surface area contributed by atoms with Crippen molar-refractivity contribution in [3.8, 4) is 5.75 Å². The fourth-order valence-electron chi connectivity index (χ4n) is 4.87. The lowest BCUT2D eigenvalue weighted by atomic mass is 9.93. The van der Waals surface area contributed by atoms with Crippen molar-refractivity contribution in [2.75, 3.05) is 33.3 Å². The fraction of sp³-hybridized carbons (Fsp3) is 0.680. The molecular formula is C25H38N2O4S. The third kappa shape index (κ3) is 5.22. The Morgan fingerprint density at radius 2 is 2.03 bits per heavy atom. The second-order valence-electron chi connectivity index (χ2n) is 10.0. The van der Waals surface area contributed by atoms with Crippen molar-refractivity contribution in [2.24, 2.45) is 11.8 Å². The Bertz CT molecular complexity index is 941. The summed E-state index contributed by atoms with van der Waals surface area (Å²) in [6, 6.07) is 5.06. The first-order valence-electron chi connectivity index (χ1n) is 12.1. The van der Waals surface area contributed by atoms with Crippen LogP contribution in [0.1, 0.15) is 57.9 Å². The van der Waals surface area contributed by atoms with Crippen molar-refractivity contribution in [2.45, 2.75) is 69.4 Å². The molecule has 1 fully saturated rings. The van der Waals surface area contributed by atoms with Crippen LogP contribution in [0.3, 0.4) is 0 Å². The number of sulfonamides is 1. The molecule has 1 heterocycles. The van der Waals surface area contributed by atoms with Gasteiger partial charge in [-0.3, -0.25) is 0 Å². The lowest BCUT2D eigenvalue weighted by Crippen LogP contribution is -2.49. The minimum atomic E-state index is -3.78. The average molecular weight is 463 g/mol. The zero-order valence-electron chi connectivity index (χ0n) is 19.7. The summed E-state index contributed by atoms with van der Waals surface area (Å²) in [5, 5.41) is 9.79. The van der Waals surface area contributed by atoms with Crippen LogP contribution in [-0.2, 0) is 10.0 Å². The second kappa shape index (κ2) is 9.84. The van der Waals surface area contributed by atoms with Crippen LogP contribution in [-0.4, -0.2) is 68.2 Å². The topological polar surface area (TPSA) is 70.1 Å². The van der Waals surface area contributed by atoms with Gasteiger partial charge in [-0.05, 0) is 81.7 Å². The van der Waals surface area contributed by atoms with Crippen LogP contribution >= 0.6 is 0 Å². The van der Waals surface area contributed by atoms with Crippen LogP contribution in [0.5, 0.6) is 5.75 Å². The first-order chi connectivity index (χ1) is 15.3. The summed E-state index contributed by atoms with van der Waals surface area (Å²) in [7, 11) is -1.65. The Labute approximate surface area is 193 Å². The molecule has 1 aromatic carbocycles. The zero-order valence-corrected chi connectivity index (χ0v) is 20.5. The molecule has 0 radical (unpaired) electrons. The molecule has 0 aromatic heterocycles. The third-order valence-corrected chi connectivity index (χ3v) is 9.11. The number of likely N-dealkylation sites (N-methyl/N-ethyl adjacent to an activating group) is 1. The maximum Gasteiger partial charge on any atom is 0.247 e. The largest absolute Gasteiger partial charge is 0.487 e. The maximum atomic E-state index is 13.6. The molecular weight excluding hydrogens is 424 g/mol. The van der Waals surface area contributed by atoms with Gasteiger partial charge >= 0.3 is 0 Å². The summed E-state index contributed by atoms with van der Waals surface area (Å²) in [6.07, 6.45) is 9.20. The molecule has 0 bridgehead atoms. The Hall–Kier alpha value is -1.41. The fourth-order valence-corrected chi connectivity index (χ4v) is 6.69. The quantitative estimate of drug-likeness (QED) is 0.668. The lowest BCUT2D eigenvalue weighted by molar-refractivity contribution is 0.0740. The van der Waals surface area contributed by atoms with E-state index < -0.39 is 16.1 Å². The van der Waals surface area contributed by atoms with Gasteiger partial charge in [-0.15, -0.1) is 0 Å². The standard InChI is InChI=1S/C25H38N2O4S/c1-18-14-27(19(2)17-28)32(29,30)25-12-11-22(21-7-5-4-6-8-21)13-23(25)31-24(18)16-26(3)15-20-9-10-20/h7,11-13,18-20,24,28H,4-6,8-10,14-17H2,1-3H3/t18-,19+,24-/m0/s1. The van der Waals surface area contributed by atoms with E-state index in [0.29, 0.717) is 12.3 Å². The van der Waals surface area contributed by atoms with Gasteiger partial charge in [-0.2, -0.15) is 4.31 Å². The van der Waals surface area contributed by atoms with Gasteiger partial charge in [-0.25, -0.2) is 8.42 Å². The highest BCUT2D eigenvalue weighted by atomic mass is 32.2. The highest BCUT2D eigenvalue weighted by molar-refractivity contribution is 7.89. The van der Waals surface area contributed by atoms with E-state index >= 15 is 0 Å². The Morgan fingerprint density at radius 3 is 2.69 bits per heavy atom. The van der Waals surface area contributed by atoms with Gasteiger partial charge in [0.15, 0.2) is 0 Å². The number of hydrogen-bond donors (Lipinski definition) is 1. The predicted octanol–water partition coefficient (Wildman–Crippen LogP) is 3.75. The monoisotopic (exact) mass is 462 g/mol. The van der Waals surface area contributed by atoms with E-state index in [9.17, 15) is 13.5 Å². The number of benzene rings is 1. The molecule has 1 aromatic rings. The van der Waals surface area contributed by atoms with Gasteiger partial charge in [0.05, 0.1) is 6.61 Å². The first-order valence-corrected chi connectivity index (χ1v) is 13.5. The lowest BCUT2D eigenvalue weighted by Gasteiger charge is -2.37. The molecule has 2 aliphatic carbocycles. The van der Waals surface area contributed by atoms with Gasteiger partial charge in [0, 0.05) is 31.6 Å². The van der Waals surface area contributed by atoms with Crippen LogP contribution in [0, 0.1) is 11.8 Å². The van der Waals surface area contributed by atoms with E-state index in [-0.39, 0.29) is 23.5 Å². The molecule has 6 nitrogen and oxygen atoms in total. The summed E-state index contributed by atoms with van der Waals surface area (Å²) >= 11 is 0. The van der Waals surface area contributed by atoms with Crippen molar-refractivity contribution < 1.29 is 18.3 Å². The molecule has 0 amide bonds. The van der Waals surface area contributed by atoms with E-state index in [1.54, 1.807) is 13.0 Å². The van der Waals surface area contributed by atoms with Crippen LogP contribution in [0.25, 0.3) is 5.57 Å². The summed E-state index contributed by atoms with van der Waals surface area (Å²) in [4.78, 5) is 2.53. The molecule has 4 rings (SSSR count). The number of ether oxygens (including phenoxy) is 1. The van der Waals surface area contributed by atoms with Crippen LogP contribution in [0.2, 0.25) is 0 Å². The van der Waals surface area contributed by atoms with Gasteiger partial charge in [0.1, 0.15) is 16.7 Å². The molecule has 7 heteroatoms. The molecule has 1 aliphatic heterocycles. The molecule has 0 unspecified atom stereocenters. The average Bonchev–Trinajstić information content (AvgIpc) is 3.59. The van der Waals surface area contributed by atoms with Crippen LogP contribution in [0.15, 0.2) is 29.2 Å². The summed E-state index contributed by atoms with van der Waals surface area (Å²) in [5.41, 5.74) is 2.33. The van der Waals surface area contributed by atoms with E-state index in [4.69, 9.17) is 4.74 Å². The van der Waals surface area contributed by atoms with Crippen LogP contribution in [0.4, 0.5) is 0 Å². The highest BCUT2D eigenvalue weighted by Gasteiger charge is 2.38.